The Balaban J connectivity index is 2.42. The van der Waals surface area contributed by atoms with Crippen molar-refractivity contribution in [2.75, 3.05) is 17.6 Å². The van der Waals surface area contributed by atoms with Gasteiger partial charge in [-0.3, -0.25) is 0 Å². The number of rotatable bonds is 0. The number of hydrogen-bond donors (Lipinski definition) is 1. The summed E-state index contributed by atoms with van der Waals surface area (Å²) in [5.41, 5.74) is 0.681. The smallest absolute Gasteiger partial charge is 0.147 e. The molecule has 0 atom stereocenters. The van der Waals surface area contributed by atoms with Crippen molar-refractivity contribution in [1.82, 2.24) is 0 Å². The molecule has 0 aliphatic carbocycles. The molecule has 3 heteroatoms. The van der Waals surface area contributed by atoms with E-state index in [-0.39, 0.29) is 5.82 Å². The highest BCUT2D eigenvalue weighted by molar-refractivity contribution is 7.99. The lowest BCUT2D eigenvalue weighted by atomic mass is 10.3. The Bertz CT molecular complexity index is 288. The maximum atomic E-state index is 13.2. The summed E-state index contributed by atoms with van der Waals surface area (Å²) in [6.07, 6.45) is 1.10. The molecule has 1 aromatic rings. The van der Waals surface area contributed by atoms with Gasteiger partial charge in [0.15, 0.2) is 0 Å². The van der Waals surface area contributed by atoms with Crippen molar-refractivity contribution < 1.29 is 4.39 Å². The number of para-hydroxylation sites is 1. The van der Waals surface area contributed by atoms with Gasteiger partial charge >= 0.3 is 0 Å². The minimum absolute atomic E-state index is 0.137. The molecule has 0 aromatic heterocycles. The minimum atomic E-state index is -0.137. The molecule has 0 bridgehead atoms. The zero-order valence-electron chi connectivity index (χ0n) is 6.64. The Morgan fingerprint density at radius 3 is 3.25 bits per heavy atom. The summed E-state index contributed by atoms with van der Waals surface area (Å²) < 4.78 is 13.2. The van der Waals surface area contributed by atoms with Crippen LogP contribution in [0, 0.1) is 5.82 Å². The number of hydrogen-bond acceptors (Lipinski definition) is 2. The molecule has 0 radical (unpaired) electrons. The maximum absolute atomic E-state index is 13.2. The third-order valence-corrected chi connectivity index (χ3v) is 3.00. The van der Waals surface area contributed by atoms with Gasteiger partial charge in [-0.25, -0.2) is 4.39 Å². The first-order valence-corrected chi connectivity index (χ1v) is 5.01. The van der Waals surface area contributed by atoms with Crippen LogP contribution in [0.2, 0.25) is 0 Å². The molecule has 1 nitrogen and oxygen atoms in total. The number of halogens is 1. The van der Waals surface area contributed by atoms with Crippen LogP contribution < -0.4 is 5.32 Å². The molecule has 1 aromatic carbocycles. The van der Waals surface area contributed by atoms with Crippen LogP contribution in [0.4, 0.5) is 10.1 Å². The fourth-order valence-corrected chi connectivity index (χ4v) is 2.26. The normalized spacial score (nSPS) is 16.1. The monoisotopic (exact) mass is 183 g/mol. The summed E-state index contributed by atoms with van der Waals surface area (Å²) in [5, 5.41) is 3.10. The Labute approximate surface area is 75.4 Å². The van der Waals surface area contributed by atoms with Gasteiger partial charge in [0, 0.05) is 11.4 Å². The summed E-state index contributed by atoms with van der Waals surface area (Å²) in [5.74, 6) is 0.936. The number of fused-ring (bicyclic) bond motifs is 1. The highest BCUT2D eigenvalue weighted by Gasteiger charge is 2.10. The van der Waals surface area contributed by atoms with Gasteiger partial charge in [-0.15, -0.1) is 11.8 Å². The molecule has 0 unspecified atom stereocenters. The van der Waals surface area contributed by atoms with Crippen LogP contribution >= 0.6 is 11.8 Å². The second-order valence-electron chi connectivity index (χ2n) is 2.74. The van der Waals surface area contributed by atoms with Gasteiger partial charge in [0.05, 0.1) is 5.69 Å². The molecular formula is C9H10FNS. The molecule has 0 saturated carbocycles. The van der Waals surface area contributed by atoms with Crippen molar-refractivity contribution in [3.63, 3.8) is 0 Å². The second kappa shape index (κ2) is 3.35. The first-order chi connectivity index (χ1) is 5.88. The molecule has 0 fully saturated rings. The lowest BCUT2D eigenvalue weighted by Crippen LogP contribution is -2.01. The second-order valence-corrected chi connectivity index (χ2v) is 3.88. The standard InChI is InChI=1S/C9H10FNS/c10-7-3-1-4-8-9(7)11-5-2-6-12-8/h1,3-4,11H,2,5-6H2. The van der Waals surface area contributed by atoms with Gasteiger partial charge in [0.2, 0.25) is 0 Å². The zero-order chi connectivity index (χ0) is 8.39. The Kier molecular flexibility index (Phi) is 2.21. The molecule has 1 aliphatic heterocycles. The quantitative estimate of drug-likeness (QED) is 0.663. The predicted octanol–water partition coefficient (Wildman–Crippen LogP) is 2.73. The molecular weight excluding hydrogens is 173 g/mol. The van der Waals surface area contributed by atoms with Crippen LogP contribution in [0.5, 0.6) is 0 Å². The first-order valence-electron chi connectivity index (χ1n) is 4.03. The summed E-state index contributed by atoms with van der Waals surface area (Å²) >= 11 is 1.72. The Morgan fingerprint density at radius 2 is 2.33 bits per heavy atom. The Hall–Kier alpha value is -0.700. The third kappa shape index (κ3) is 1.41. The van der Waals surface area contributed by atoms with Gasteiger partial charge < -0.3 is 5.32 Å². The van der Waals surface area contributed by atoms with E-state index in [9.17, 15) is 4.39 Å². The molecule has 0 amide bonds. The van der Waals surface area contributed by atoms with Gasteiger partial charge in [-0.05, 0) is 24.3 Å². The van der Waals surface area contributed by atoms with E-state index in [1.54, 1.807) is 17.8 Å². The lowest BCUT2D eigenvalue weighted by Gasteiger charge is -2.06. The number of nitrogens with one attached hydrogen (secondary N) is 1. The first kappa shape index (κ1) is 7.92. The van der Waals surface area contributed by atoms with Crippen molar-refractivity contribution in [3.8, 4) is 0 Å². The molecule has 1 aliphatic rings. The van der Waals surface area contributed by atoms with Crippen LogP contribution in [0.25, 0.3) is 0 Å². The van der Waals surface area contributed by atoms with Crippen LogP contribution in [0.3, 0.4) is 0 Å². The lowest BCUT2D eigenvalue weighted by molar-refractivity contribution is 0.627. The number of benzene rings is 1. The summed E-state index contributed by atoms with van der Waals surface area (Å²) in [4.78, 5) is 1.03. The van der Waals surface area contributed by atoms with E-state index in [4.69, 9.17) is 0 Å². The van der Waals surface area contributed by atoms with Crippen molar-refractivity contribution in [1.29, 1.82) is 0 Å². The average molecular weight is 183 g/mol. The summed E-state index contributed by atoms with van der Waals surface area (Å²) in [7, 11) is 0. The Morgan fingerprint density at radius 1 is 1.42 bits per heavy atom. The molecule has 12 heavy (non-hydrogen) atoms. The fourth-order valence-electron chi connectivity index (χ4n) is 1.26. The van der Waals surface area contributed by atoms with Gasteiger partial charge in [-0.1, -0.05) is 6.07 Å². The molecule has 1 heterocycles. The van der Waals surface area contributed by atoms with Gasteiger partial charge in [0.1, 0.15) is 5.82 Å². The van der Waals surface area contributed by atoms with Crippen molar-refractivity contribution in [2.45, 2.75) is 11.3 Å². The SMILES string of the molecule is Fc1cccc2c1NCCCS2. The minimum Gasteiger partial charge on any atom is -0.382 e. The maximum Gasteiger partial charge on any atom is 0.147 e. The van der Waals surface area contributed by atoms with E-state index < -0.39 is 0 Å². The van der Waals surface area contributed by atoms with Crippen molar-refractivity contribution in [3.05, 3.63) is 24.0 Å². The van der Waals surface area contributed by atoms with E-state index in [2.05, 4.69) is 5.32 Å². The number of anilines is 1. The van der Waals surface area contributed by atoms with E-state index in [0.717, 1.165) is 23.6 Å². The molecule has 1 N–H and O–H groups in total. The molecule has 64 valence electrons. The molecule has 0 spiro atoms. The number of thioether (sulfide) groups is 1. The van der Waals surface area contributed by atoms with Crippen molar-refractivity contribution in [2.24, 2.45) is 0 Å². The van der Waals surface area contributed by atoms with Gasteiger partial charge in [0.25, 0.3) is 0 Å². The van der Waals surface area contributed by atoms with E-state index in [1.807, 2.05) is 6.07 Å². The molecule has 2 rings (SSSR count). The average Bonchev–Trinajstić information content (AvgIpc) is 2.30. The van der Waals surface area contributed by atoms with E-state index in [1.165, 1.54) is 6.07 Å². The summed E-state index contributed by atoms with van der Waals surface area (Å²) in [6, 6.07) is 5.22. The van der Waals surface area contributed by atoms with E-state index >= 15 is 0 Å². The van der Waals surface area contributed by atoms with E-state index in [0.29, 0.717) is 5.69 Å². The van der Waals surface area contributed by atoms with Crippen LogP contribution in [0.1, 0.15) is 6.42 Å². The highest BCUT2D eigenvalue weighted by atomic mass is 32.2. The predicted molar refractivity (Wildman–Crippen MR) is 50.2 cm³/mol. The van der Waals surface area contributed by atoms with Crippen LogP contribution in [-0.4, -0.2) is 12.3 Å². The van der Waals surface area contributed by atoms with Crippen molar-refractivity contribution >= 4 is 17.4 Å². The van der Waals surface area contributed by atoms with Crippen LogP contribution in [-0.2, 0) is 0 Å². The fraction of sp³-hybridized carbons (Fsp3) is 0.333. The van der Waals surface area contributed by atoms with Gasteiger partial charge in [-0.2, -0.15) is 0 Å². The third-order valence-electron chi connectivity index (χ3n) is 1.86. The topological polar surface area (TPSA) is 12.0 Å². The summed E-state index contributed by atoms with van der Waals surface area (Å²) in [6.45, 7) is 0.876. The zero-order valence-corrected chi connectivity index (χ0v) is 7.46. The highest BCUT2D eigenvalue weighted by Crippen LogP contribution is 2.31. The largest absolute Gasteiger partial charge is 0.382 e. The molecule has 0 saturated heterocycles. The van der Waals surface area contributed by atoms with Crippen LogP contribution in [0.15, 0.2) is 23.1 Å².